The number of cyclic esters (lactones) is 1. The highest BCUT2D eigenvalue weighted by atomic mass is 16.6. The zero-order valence-electron chi connectivity index (χ0n) is 14.5. The fourth-order valence-corrected chi connectivity index (χ4v) is 4.78. The zero-order valence-corrected chi connectivity index (χ0v) is 14.5. The molecule has 5 atom stereocenters. The van der Waals surface area contributed by atoms with E-state index < -0.39 is 11.2 Å². The van der Waals surface area contributed by atoms with E-state index >= 15 is 0 Å². The van der Waals surface area contributed by atoms with E-state index in [1.54, 1.807) is 6.92 Å². The molecular formula is C18H25NO5. The van der Waals surface area contributed by atoms with Gasteiger partial charge in [-0.15, -0.1) is 0 Å². The lowest BCUT2D eigenvalue weighted by molar-refractivity contribution is -0.184. The summed E-state index contributed by atoms with van der Waals surface area (Å²) in [6.45, 7) is 7.61. The molecule has 4 aliphatic heterocycles. The van der Waals surface area contributed by atoms with E-state index in [9.17, 15) is 9.59 Å². The quantitative estimate of drug-likeness (QED) is 0.493. The van der Waals surface area contributed by atoms with Crippen LogP contribution in [0.1, 0.15) is 40.0 Å². The van der Waals surface area contributed by atoms with E-state index in [-0.39, 0.29) is 43.0 Å². The fourth-order valence-electron chi connectivity index (χ4n) is 4.78. The number of rotatable bonds is 0. The van der Waals surface area contributed by atoms with Crippen LogP contribution in [0.3, 0.4) is 0 Å². The second-order valence-corrected chi connectivity index (χ2v) is 8.05. The molecule has 4 rings (SSSR count). The van der Waals surface area contributed by atoms with Crippen molar-refractivity contribution in [1.29, 1.82) is 0 Å². The monoisotopic (exact) mass is 335 g/mol. The summed E-state index contributed by atoms with van der Waals surface area (Å²) in [5.74, 6) is -0.584. The summed E-state index contributed by atoms with van der Waals surface area (Å²) in [5.41, 5.74) is -0.658. The Hall–Kier alpha value is -1.40. The van der Waals surface area contributed by atoms with E-state index in [0.29, 0.717) is 6.42 Å². The van der Waals surface area contributed by atoms with E-state index in [4.69, 9.17) is 14.2 Å². The standard InChI is InChI=1S/C18H25NO5/c1-11-8-17(2)9-14(20)23-13-5-7-19-6-4-12(15(13)19)10-22-16(21)18(11,3)24-17/h4,11,13,15H,5-10H2,1-3H3/t11-,13-,15-,17-,18-/m1/s1. The van der Waals surface area contributed by atoms with Gasteiger partial charge in [-0.3, -0.25) is 9.69 Å². The summed E-state index contributed by atoms with van der Waals surface area (Å²) >= 11 is 0. The van der Waals surface area contributed by atoms with Crippen molar-refractivity contribution in [2.45, 2.75) is 63.4 Å². The van der Waals surface area contributed by atoms with Gasteiger partial charge in [0, 0.05) is 13.1 Å². The van der Waals surface area contributed by atoms with Gasteiger partial charge >= 0.3 is 11.9 Å². The molecule has 4 heterocycles. The number of ether oxygens (including phenoxy) is 3. The predicted molar refractivity (Wildman–Crippen MR) is 85.2 cm³/mol. The molecule has 0 radical (unpaired) electrons. The maximum absolute atomic E-state index is 12.7. The van der Waals surface area contributed by atoms with Gasteiger partial charge in [0.05, 0.1) is 18.1 Å². The highest BCUT2D eigenvalue weighted by Gasteiger charge is 2.56. The average Bonchev–Trinajstić information content (AvgIpc) is 3.11. The Bertz CT molecular complexity index is 617. The van der Waals surface area contributed by atoms with Crippen molar-refractivity contribution in [3.05, 3.63) is 11.6 Å². The number of hydrogen-bond acceptors (Lipinski definition) is 6. The molecule has 24 heavy (non-hydrogen) atoms. The van der Waals surface area contributed by atoms with Crippen LogP contribution < -0.4 is 0 Å². The summed E-state index contributed by atoms with van der Waals surface area (Å²) in [4.78, 5) is 27.5. The third-order valence-corrected chi connectivity index (χ3v) is 6.13. The molecule has 0 saturated carbocycles. The Labute approximate surface area is 142 Å². The molecule has 3 fully saturated rings. The molecule has 0 spiro atoms. The van der Waals surface area contributed by atoms with Gasteiger partial charge in [0.1, 0.15) is 12.7 Å². The summed E-state index contributed by atoms with van der Waals surface area (Å²) in [6.07, 6.45) is 3.57. The summed E-state index contributed by atoms with van der Waals surface area (Å²) in [5, 5.41) is 0. The Morgan fingerprint density at radius 3 is 2.88 bits per heavy atom. The highest BCUT2D eigenvalue weighted by Crippen LogP contribution is 2.45. The molecular weight excluding hydrogens is 310 g/mol. The SMILES string of the molecule is C[C@@H]1C[C@]2(C)CC(=O)O[C@@H]3CCN4CC=C(COC(=O)[C@]1(C)O2)[C@H]34. The summed E-state index contributed by atoms with van der Waals surface area (Å²) in [7, 11) is 0. The molecule has 3 saturated heterocycles. The van der Waals surface area contributed by atoms with E-state index in [1.807, 2.05) is 13.8 Å². The molecule has 0 aromatic rings. The van der Waals surface area contributed by atoms with Crippen molar-refractivity contribution in [1.82, 2.24) is 4.90 Å². The van der Waals surface area contributed by atoms with Crippen LogP contribution in [-0.4, -0.2) is 59.9 Å². The Kier molecular flexibility index (Phi) is 3.55. The molecule has 0 aromatic carbocycles. The second-order valence-electron chi connectivity index (χ2n) is 8.05. The van der Waals surface area contributed by atoms with Crippen LogP contribution in [0.25, 0.3) is 0 Å². The number of fused-ring (bicyclic) bond motifs is 2. The zero-order chi connectivity index (χ0) is 17.1. The van der Waals surface area contributed by atoms with Gasteiger partial charge in [-0.25, -0.2) is 4.79 Å². The normalized spacial score (nSPS) is 45.8. The third kappa shape index (κ3) is 2.39. The van der Waals surface area contributed by atoms with E-state index in [2.05, 4.69) is 11.0 Å². The van der Waals surface area contributed by atoms with Gasteiger partial charge < -0.3 is 14.2 Å². The lowest BCUT2D eigenvalue weighted by Crippen LogP contribution is -2.45. The van der Waals surface area contributed by atoms with Crippen LogP contribution in [0.4, 0.5) is 0 Å². The van der Waals surface area contributed by atoms with Crippen molar-refractivity contribution >= 4 is 11.9 Å². The Morgan fingerprint density at radius 1 is 1.29 bits per heavy atom. The minimum atomic E-state index is -1.01. The van der Waals surface area contributed by atoms with Crippen LogP contribution in [0.2, 0.25) is 0 Å². The smallest absolute Gasteiger partial charge is 0.338 e. The predicted octanol–water partition coefficient (Wildman–Crippen LogP) is 1.43. The lowest BCUT2D eigenvalue weighted by atomic mass is 9.86. The summed E-state index contributed by atoms with van der Waals surface area (Å²) in [6, 6.07) is 0.0535. The first kappa shape index (κ1) is 16.1. The average molecular weight is 335 g/mol. The fraction of sp³-hybridized carbons (Fsp3) is 0.778. The van der Waals surface area contributed by atoms with Gasteiger partial charge in [-0.1, -0.05) is 13.0 Å². The minimum absolute atomic E-state index is 0.0166. The number of nitrogens with zero attached hydrogens (tertiary/aromatic N) is 1. The van der Waals surface area contributed by atoms with Crippen LogP contribution in [0.15, 0.2) is 11.6 Å². The van der Waals surface area contributed by atoms with E-state index in [1.165, 1.54) is 0 Å². The maximum Gasteiger partial charge on any atom is 0.338 e. The molecule has 0 aliphatic carbocycles. The van der Waals surface area contributed by atoms with Crippen LogP contribution in [0.5, 0.6) is 0 Å². The molecule has 0 N–H and O–H groups in total. The molecule has 0 unspecified atom stereocenters. The van der Waals surface area contributed by atoms with Gasteiger partial charge in [-0.05, 0) is 38.2 Å². The largest absolute Gasteiger partial charge is 0.460 e. The van der Waals surface area contributed by atoms with Crippen molar-refractivity contribution < 1.29 is 23.8 Å². The molecule has 6 nitrogen and oxygen atoms in total. The lowest BCUT2D eigenvalue weighted by Gasteiger charge is -2.32. The molecule has 6 heteroatoms. The highest BCUT2D eigenvalue weighted by molar-refractivity contribution is 5.80. The molecule has 4 aliphatic rings. The van der Waals surface area contributed by atoms with Gasteiger partial charge in [0.25, 0.3) is 0 Å². The Morgan fingerprint density at radius 2 is 2.08 bits per heavy atom. The van der Waals surface area contributed by atoms with Gasteiger partial charge in [0.15, 0.2) is 5.60 Å². The van der Waals surface area contributed by atoms with Crippen molar-refractivity contribution in [2.24, 2.45) is 5.92 Å². The second kappa shape index (κ2) is 5.30. The molecule has 0 amide bonds. The number of hydrogen-bond donors (Lipinski definition) is 0. The third-order valence-electron chi connectivity index (χ3n) is 6.13. The van der Waals surface area contributed by atoms with Crippen molar-refractivity contribution in [3.63, 3.8) is 0 Å². The van der Waals surface area contributed by atoms with Crippen LogP contribution in [-0.2, 0) is 23.8 Å². The minimum Gasteiger partial charge on any atom is -0.460 e. The van der Waals surface area contributed by atoms with Crippen molar-refractivity contribution in [3.8, 4) is 0 Å². The molecule has 132 valence electrons. The van der Waals surface area contributed by atoms with Crippen LogP contribution >= 0.6 is 0 Å². The van der Waals surface area contributed by atoms with Crippen molar-refractivity contribution in [2.75, 3.05) is 19.7 Å². The van der Waals surface area contributed by atoms with Gasteiger partial charge in [0.2, 0.25) is 0 Å². The topological polar surface area (TPSA) is 65.1 Å². The number of carbonyl (C=O) groups is 2. The maximum atomic E-state index is 12.7. The number of carbonyl (C=O) groups excluding carboxylic acids is 2. The van der Waals surface area contributed by atoms with E-state index in [0.717, 1.165) is 25.1 Å². The molecule has 2 bridgehead atoms. The molecule has 0 aromatic heterocycles. The first-order chi connectivity index (χ1) is 11.3. The van der Waals surface area contributed by atoms with Gasteiger partial charge in [-0.2, -0.15) is 0 Å². The first-order valence-corrected chi connectivity index (χ1v) is 8.81. The first-order valence-electron chi connectivity index (χ1n) is 8.81. The van der Waals surface area contributed by atoms with Crippen LogP contribution in [0, 0.1) is 5.92 Å². The number of esters is 2. The summed E-state index contributed by atoms with van der Waals surface area (Å²) < 4.78 is 17.5. The Balaban J connectivity index is 1.65.